The van der Waals surface area contributed by atoms with Crippen LogP contribution in [0.2, 0.25) is 0 Å². The molecule has 1 aliphatic rings. The number of ether oxygens (including phenoxy) is 1. The fourth-order valence-corrected chi connectivity index (χ4v) is 3.95. The van der Waals surface area contributed by atoms with E-state index in [1.807, 2.05) is 17.8 Å². The van der Waals surface area contributed by atoms with Crippen molar-refractivity contribution in [3.05, 3.63) is 60.4 Å². The van der Waals surface area contributed by atoms with Gasteiger partial charge in [-0.2, -0.15) is 11.8 Å². The Balaban J connectivity index is 1.49. The van der Waals surface area contributed by atoms with Crippen molar-refractivity contribution in [3.63, 3.8) is 0 Å². The molecule has 0 saturated carbocycles. The van der Waals surface area contributed by atoms with Crippen LogP contribution < -0.4 is 10.2 Å². The van der Waals surface area contributed by atoms with Gasteiger partial charge in [0.25, 0.3) is 5.91 Å². The van der Waals surface area contributed by atoms with Crippen LogP contribution in [0.25, 0.3) is 5.82 Å². The van der Waals surface area contributed by atoms with Gasteiger partial charge >= 0.3 is 5.97 Å². The summed E-state index contributed by atoms with van der Waals surface area (Å²) in [6.07, 6.45) is 4.67. The Hall–Kier alpha value is -3.40. The van der Waals surface area contributed by atoms with Gasteiger partial charge in [0.1, 0.15) is 30.0 Å². The number of hydrogen-bond donors (Lipinski definition) is 1. The highest BCUT2D eigenvalue weighted by Gasteiger charge is 2.15. The molecule has 154 valence electrons. The molecule has 0 bridgehead atoms. The van der Waals surface area contributed by atoms with Crippen LogP contribution in [0.15, 0.2) is 49.2 Å². The number of hydrogen-bond acceptors (Lipinski definition) is 8. The van der Waals surface area contributed by atoms with Crippen LogP contribution >= 0.6 is 11.8 Å². The third-order valence-corrected chi connectivity index (χ3v) is 5.54. The van der Waals surface area contributed by atoms with Crippen LogP contribution in [0.3, 0.4) is 0 Å². The molecule has 1 fully saturated rings. The summed E-state index contributed by atoms with van der Waals surface area (Å²) in [6, 6.07) is 8.41. The van der Waals surface area contributed by atoms with Crippen molar-refractivity contribution >= 4 is 35.1 Å². The fourth-order valence-electron chi connectivity index (χ4n) is 3.05. The highest BCUT2D eigenvalue weighted by Crippen LogP contribution is 2.19. The lowest BCUT2D eigenvalue weighted by Crippen LogP contribution is -2.33. The maximum Gasteiger partial charge on any atom is 0.337 e. The number of carbonyl (C=O) groups is 2. The van der Waals surface area contributed by atoms with E-state index in [-0.39, 0.29) is 5.69 Å². The van der Waals surface area contributed by atoms with E-state index in [2.05, 4.69) is 25.2 Å². The molecule has 9 nitrogen and oxygen atoms in total. The Morgan fingerprint density at radius 2 is 1.90 bits per heavy atom. The highest BCUT2D eigenvalue weighted by molar-refractivity contribution is 7.99. The normalized spacial score (nSPS) is 13.7. The summed E-state index contributed by atoms with van der Waals surface area (Å²) in [4.78, 5) is 39.3. The monoisotopic (exact) mass is 424 g/mol. The van der Waals surface area contributed by atoms with Gasteiger partial charge in [-0.3, -0.25) is 9.36 Å². The molecule has 1 aliphatic heterocycles. The maximum absolute atomic E-state index is 12.6. The van der Waals surface area contributed by atoms with E-state index in [0.29, 0.717) is 17.1 Å². The van der Waals surface area contributed by atoms with Gasteiger partial charge in [0.15, 0.2) is 0 Å². The summed E-state index contributed by atoms with van der Waals surface area (Å²) in [5.41, 5.74) is 1.06. The molecule has 1 saturated heterocycles. The van der Waals surface area contributed by atoms with Crippen molar-refractivity contribution in [2.75, 3.05) is 41.9 Å². The first kappa shape index (κ1) is 19.9. The van der Waals surface area contributed by atoms with Gasteiger partial charge in [0.2, 0.25) is 0 Å². The second kappa shape index (κ2) is 8.95. The topological polar surface area (TPSA) is 102 Å². The third kappa shape index (κ3) is 4.43. The summed E-state index contributed by atoms with van der Waals surface area (Å²) in [5.74, 6) is 2.79. The molecule has 30 heavy (non-hydrogen) atoms. The van der Waals surface area contributed by atoms with E-state index in [4.69, 9.17) is 4.74 Å². The lowest BCUT2D eigenvalue weighted by molar-refractivity contribution is 0.0600. The molecule has 0 spiro atoms. The number of imidazole rings is 1. The van der Waals surface area contributed by atoms with Crippen molar-refractivity contribution in [2.24, 2.45) is 0 Å². The molecule has 10 heteroatoms. The van der Waals surface area contributed by atoms with E-state index >= 15 is 0 Å². The standard InChI is InChI=1S/C20H20N6O3S/c1-29-20(28)14-3-2-4-15(9-14)24-19(27)16-11-26(13-23-16)18-10-17(21-12-22-18)25-5-7-30-8-6-25/h2-4,9-13H,5-8H2,1H3,(H,24,27). The summed E-state index contributed by atoms with van der Waals surface area (Å²) >= 11 is 1.93. The Bertz CT molecular complexity index is 1060. The van der Waals surface area contributed by atoms with Crippen LogP contribution in [0.5, 0.6) is 0 Å². The lowest BCUT2D eigenvalue weighted by atomic mass is 10.2. The molecule has 1 N–H and O–H groups in total. The quantitative estimate of drug-likeness (QED) is 0.622. The molecule has 0 aliphatic carbocycles. The molecule has 3 heterocycles. The number of thioether (sulfide) groups is 1. The largest absolute Gasteiger partial charge is 0.465 e. The Kier molecular flexibility index (Phi) is 5.94. The smallest absolute Gasteiger partial charge is 0.337 e. The van der Waals surface area contributed by atoms with Crippen molar-refractivity contribution < 1.29 is 14.3 Å². The van der Waals surface area contributed by atoms with Gasteiger partial charge in [-0.1, -0.05) is 6.07 Å². The highest BCUT2D eigenvalue weighted by atomic mass is 32.2. The second-order valence-electron chi connectivity index (χ2n) is 6.53. The number of amides is 1. The number of esters is 1. The molecule has 3 aromatic rings. The van der Waals surface area contributed by atoms with Gasteiger partial charge < -0.3 is 15.0 Å². The predicted octanol–water partition coefficient (Wildman–Crippen LogP) is 2.25. The first-order valence-electron chi connectivity index (χ1n) is 9.33. The van der Waals surface area contributed by atoms with Gasteiger partial charge in [0.05, 0.1) is 12.7 Å². The zero-order chi connectivity index (χ0) is 20.9. The number of anilines is 2. The number of methoxy groups -OCH3 is 1. The minimum absolute atomic E-state index is 0.230. The van der Waals surface area contributed by atoms with Gasteiger partial charge in [-0.25, -0.2) is 19.7 Å². The molecule has 4 rings (SSSR count). The minimum atomic E-state index is -0.470. The van der Waals surface area contributed by atoms with Crippen LogP contribution in [-0.2, 0) is 4.74 Å². The summed E-state index contributed by atoms with van der Waals surface area (Å²) in [6.45, 7) is 1.90. The van der Waals surface area contributed by atoms with Crippen molar-refractivity contribution in [2.45, 2.75) is 0 Å². The predicted molar refractivity (Wildman–Crippen MR) is 114 cm³/mol. The van der Waals surface area contributed by atoms with E-state index in [1.54, 1.807) is 35.0 Å². The average Bonchev–Trinajstić information content (AvgIpc) is 3.30. The zero-order valence-corrected chi connectivity index (χ0v) is 17.1. The molecule has 0 atom stereocenters. The Morgan fingerprint density at radius 3 is 2.70 bits per heavy atom. The van der Waals surface area contributed by atoms with E-state index in [1.165, 1.54) is 19.8 Å². The number of carbonyl (C=O) groups excluding carboxylic acids is 2. The van der Waals surface area contributed by atoms with Crippen LogP contribution in [0.1, 0.15) is 20.8 Å². The van der Waals surface area contributed by atoms with Crippen molar-refractivity contribution in [1.82, 2.24) is 19.5 Å². The molecule has 0 unspecified atom stereocenters. The maximum atomic E-state index is 12.6. The summed E-state index contributed by atoms with van der Waals surface area (Å²) in [7, 11) is 1.31. The average molecular weight is 424 g/mol. The van der Waals surface area contributed by atoms with E-state index in [0.717, 1.165) is 30.4 Å². The number of aromatic nitrogens is 4. The molecule has 0 radical (unpaired) electrons. The number of rotatable bonds is 5. The molecule has 2 aromatic heterocycles. The zero-order valence-electron chi connectivity index (χ0n) is 16.3. The number of nitrogens with one attached hydrogen (secondary N) is 1. The van der Waals surface area contributed by atoms with Gasteiger partial charge in [0, 0.05) is 42.5 Å². The number of nitrogens with zero attached hydrogens (tertiary/aromatic N) is 5. The molecular weight excluding hydrogens is 404 g/mol. The van der Waals surface area contributed by atoms with E-state index < -0.39 is 11.9 Å². The Morgan fingerprint density at radius 1 is 1.10 bits per heavy atom. The van der Waals surface area contributed by atoms with Gasteiger partial charge in [-0.15, -0.1) is 0 Å². The van der Waals surface area contributed by atoms with Gasteiger partial charge in [-0.05, 0) is 18.2 Å². The minimum Gasteiger partial charge on any atom is -0.465 e. The van der Waals surface area contributed by atoms with Crippen molar-refractivity contribution in [3.8, 4) is 5.82 Å². The van der Waals surface area contributed by atoms with Crippen LogP contribution in [0.4, 0.5) is 11.5 Å². The second-order valence-corrected chi connectivity index (χ2v) is 7.75. The first-order chi connectivity index (χ1) is 14.6. The first-order valence-corrected chi connectivity index (χ1v) is 10.5. The summed E-state index contributed by atoms with van der Waals surface area (Å²) < 4.78 is 6.39. The fraction of sp³-hybridized carbons (Fsp3) is 0.250. The van der Waals surface area contributed by atoms with Crippen LogP contribution in [-0.4, -0.2) is 63.1 Å². The summed E-state index contributed by atoms with van der Waals surface area (Å²) in [5, 5.41) is 2.74. The molecule has 1 aromatic carbocycles. The van der Waals surface area contributed by atoms with E-state index in [9.17, 15) is 9.59 Å². The lowest BCUT2D eigenvalue weighted by Gasteiger charge is -2.27. The Labute approximate surface area is 177 Å². The number of benzene rings is 1. The SMILES string of the molecule is COC(=O)c1cccc(NC(=O)c2cn(-c3cc(N4CCSCC4)ncn3)cn2)c1. The van der Waals surface area contributed by atoms with Crippen molar-refractivity contribution in [1.29, 1.82) is 0 Å². The third-order valence-electron chi connectivity index (χ3n) is 4.59. The molecule has 1 amide bonds. The van der Waals surface area contributed by atoms with Crippen LogP contribution in [0, 0.1) is 0 Å². The molecular formula is C20H20N6O3S.